The number of carbonyl (C=O) groups excluding carboxylic acids is 1. The lowest BCUT2D eigenvalue weighted by molar-refractivity contribution is -0.383. The summed E-state index contributed by atoms with van der Waals surface area (Å²) in [6.07, 6.45) is 1.55. The lowest BCUT2D eigenvalue weighted by atomic mass is 10.1. The van der Waals surface area contributed by atoms with Gasteiger partial charge in [-0.1, -0.05) is 0 Å². The molecule has 1 heterocycles. The van der Waals surface area contributed by atoms with Gasteiger partial charge in [0, 0.05) is 22.3 Å². The zero-order chi connectivity index (χ0) is 15.6. The van der Waals surface area contributed by atoms with E-state index < -0.39 is 10.8 Å². The minimum absolute atomic E-state index is 0.00879. The van der Waals surface area contributed by atoms with Gasteiger partial charge in [-0.3, -0.25) is 14.9 Å². The summed E-state index contributed by atoms with van der Waals surface area (Å²) in [6, 6.07) is 5.69. The van der Waals surface area contributed by atoms with Crippen LogP contribution in [0.15, 0.2) is 34.9 Å². The smallest absolute Gasteiger partial charge is 0.292 e. The lowest BCUT2D eigenvalue weighted by Crippen LogP contribution is -2.14. The number of hydrogen-bond donors (Lipinski definition) is 2. The Labute approximate surface area is 128 Å². The number of nitrogens with zero attached hydrogens (tertiary/aromatic N) is 2. The summed E-state index contributed by atoms with van der Waals surface area (Å²) < 4.78 is 0.793. The van der Waals surface area contributed by atoms with E-state index in [9.17, 15) is 14.9 Å². The number of nitro benzene ring substituents is 1. The SMILES string of the molecule is Cc1cc(Br)cnc1NC(=O)c1ccc(N)c([N+](=O)[O-])c1. The molecule has 0 aliphatic heterocycles. The van der Waals surface area contributed by atoms with Gasteiger partial charge < -0.3 is 11.1 Å². The van der Waals surface area contributed by atoms with Crippen molar-refractivity contribution in [2.45, 2.75) is 6.92 Å². The number of aryl methyl sites for hydroxylation is 1. The second kappa shape index (κ2) is 5.88. The van der Waals surface area contributed by atoms with Crippen LogP contribution in [0.4, 0.5) is 17.2 Å². The number of nitrogens with one attached hydrogen (secondary N) is 1. The van der Waals surface area contributed by atoms with E-state index in [4.69, 9.17) is 5.73 Å². The number of nitrogen functional groups attached to an aromatic ring is 1. The summed E-state index contributed by atoms with van der Waals surface area (Å²) >= 11 is 3.28. The second-order valence-electron chi connectivity index (χ2n) is 4.30. The number of nitrogens with two attached hydrogens (primary N) is 1. The summed E-state index contributed by atoms with van der Waals surface area (Å²) in [5, 5.41) is 13.4. The van der Waals surface area contributed by atoms with E-state index in [1.165, 1.54) is 12.1 Å². The fourth-order valence-corrected chi connectivity index (χ4v) is 2.14. The number of hydrogen-bond acceptors (Lipinski definition) is 5. The fraction of sp³-hybridized carbons (Fsp3) is 0.0769. The maximum atomic E-state index is 12.1. The van der Waals surface area contributed by atoms with Crippen LogP contribution in [-0.2, 0) is 0 Å². The Morgan fingerprint density at radius 2 is 2.14 bits per heavy atom. The first-order chi connectivity index (χ1) is 9.88. The molecule has 0 spiro atoms. The maximum absolute atomic E-state index is 12.1. The number of carbonyl (C=O) groups is 1. The Morgan fingerprint density at radius 1 is 1.43 bits per heavy atom. The van der Waals surface area contributed by atoms with Gasteiger partial charge in [0.05, 0.1) is 4.92 Å². The van der Waals surface area contributed by atoms with Gasteiger partial charge >= 0.3 is 0 Å². The van der Waals surface area contributed by atoms with E-state index in [1.54, 1.807) is 19.2 Å². The average molecular weight is 351 g/mol. The molecule has 21 heavy (non-hydrogen) atoms. The van der Waals surface area contributed by atoms with Gasteiger partial charge in [0.2, 0.25) is 0 Å². The largest absolute Gasteiger partial charge is 0.393 e. The highest BCUT2D eigenvalue weighted by molar-refractivity contribution is 9.10. The molecule has 0 aliphatic rings. The number of anilines is 2. The number of aromatic nitrogens is 1. The van der Waals surface area contributed by atoms with Gasteiger partial charge in [-0.2, -0.15) is 0 Å². The normalized spacial score (nSPS) is 10.2. The van der Waals surface area contributed by atoms with Crippen LogP contribution in [0.5, 0.6) is 0 Å². The van der Waals surface area contributed by atoms with Gasteiger partial charge in [0.25, 0.3) is 11.6 Å². The lowest BCUT2D eigenvalue weighted by Gasteiger charge is -2.08. The van der Waals surface area contributed by atoms with E-state index in [0.717, 1.165) is 16.1 Å². The van der Waals surface area contributed by atoms with Crippen molar-refractivity contribution >= 4 is 39.0 Å². The zero-order valence-corrected chi connectivity index (χ0v) is 12.5. The summed E-state index contributed by atoms with van der Waals surface area (Å²) in [4.78, 5) is 26.4. The molecule has 0 unspecified atom stereocenters. The number of pyridine rings is 1. The summed E-state index contributed by atoms with van der Waals surface area (Å²) in [7, 11) is 0. The third-order valence-corrected chi connectivity index (χ3v) is 3.20. The molecule has 108 valence electrons. The van der Waals surface area contributed by atoms with E-state index in [0.29, 0.717) is 5.82 Å². The van der Waals surface area contributed by atoms with E-state index >= 15 is 0 Å². The molecule has 0 saturated carbocycles. The molecule has 0 saturated heterocycles. The van der Waals surface area contributed by atoms with E-state index in [2.05, 4.69) is 26.2 Å². The van der Waals surface area contributed by atoms with Crippen LogP contribution in [-0.4, -0.2) is 15.8 Å². The number of amides is 1. The van der Waals surface area contributed by atoms with Crippen molar-refractivity contribution in [2.75, 3.05) is 11.1 Å². The van der Waals surface area contributed by atoms with E-state index in [-0.39, 0.29) is 16.9 Å². The van der Waals surface area contributed by atoms with Crippen LogP contribution < -0.4 is 11.1 Å². The van der Waals surface area contributed by atoms with Crippen LogP contribution in [0, 0.1) is 17.0 Å². The molecular weight excluding hydrogens is 340 g/mol. The molecule has 2 rings (SSSR count). The molecule has 0 atom stereocenters. The number of nitro groups is 1. The van der Waals surface area contributed by atoms with Crippen molar-refractivity contribution in [1.82, 2.24) is 4.98 Å². The van der Waals surface area contributed by atoms with Crippen LogP contribution in [0.25, 0.3) is 0 Å². The van der Waals surface area contributed by atoms with Crippen LogP contribution >= 0.6 is 15.9 Å². The first-order valence-corrected chi connectivity index (χ1v) is 6.65. The van der Waals surface area contributed by atoms with Crippen LogP contribution in [0.2, 0.25) is 0 Å². The Bertz CT molecular complexity index is 733. The molecule has 1 aromatic heterocycles. The first kappa shape index (κ1) is 14.9. The molecule has 0 bridgehead atoms. The topological polar surface area (TPSA) is 111 Å². The summed E-state index contributed by atoms with van der Waals surface area (Å²) in [5.41, 5.74) is 6.10. The van der Waals surface area contributed by atoms with Gasteiger partial charge in [-0.05, 0) is 46.6 Å². The second-order valence-corrected chi connectivity index (χ2v) is 5.22. The highest BCUT2D eigenvalue weighted by atomic mass is 79.9. The van der Waals surface area contributed by atoms with Gasteiger partial charge in [-0.25, -0.2) is 4.98 Å². The number of rotatable bonds is 3. The molecular formula is C13H11BrN4O3. The quantitative estimate of drug-likeness (QED) is 0.502. The van der Waals surface area contributed by atoms with Gasteiger partial charge in [0.15, 0.2) is 0 Å². The molecule has 1 amide bonds. The monoisotopic (exact) mass is 350 g/mol. The first-order valence-electron chi connectivity index (χ1n) is 5.86. The van der Waals surface area contributed by atoms with E-state index in [1.807, 2.05) is 0 Å². The van der Waals surface area contributed by atoms with Gasteiger partial charge in [-0.15, -0.1) is 0 Å². The van der Waals surface area contributed by atoms with Crippen LogP contribution in [0.3, 0.4) is 0 Å². The molecule has 8 heteroatoms. The standard InChI is InChI=1S/C13H11BrN4O3/c1-7-4-9(14)6-16-12(7)17-13(19)8-2-3-10(15)11(5-8)18(20)21/h2-6H,15H2,1H3,(H,16,17,19). The number of benzene rings is 1. The van der Waals surface area contributed by atoms with Crippen molar-refractivity contribution in [2.24, 2.45) is 0 Å². The summed E-state index contributed by atoms with van der Waals surface area (Å²) in [5.74, 6) is -0.0984. The molecule has 0 fully saturated rings. The van der Waals surface area contributed by atoms with Crippen LogP contribution in [0.1, 0.15) is 15.9 Å². The van der Waals surface area contributed by atoms with Crippen molar-refractivity contribution in [3.8, 4) is 0 Å². The molecule has 1 aromatic carbocycles. The van der Waals surface area contributed by atoms with Crippen molar-refractivity contribution in [3.05, 3.63) is 56.2 Å². The fourth-order valence-electron chi connectivity index (χ4n) is 1.69. The third-order valence-electron chi connectivity index (χ3n) is 2.77. The highest BCUT2D eigenvalue weighted by Gasteiger charge is 2.16. The average Bonchev–Trinajstić information content (AvgIpc) is 2.42. The number of halogens is 1. The molecule has 0 aliphatic carbocycles. The Kier molecular flexibility index (Phi) is 4.18. The van der Waals surface area contributed by atoms with Crippen molar-refractivity contribution in [1.29, 1.82) is 0 Å². The highest BCUT2D eigenvalue weighted by Crippen LogP contribution is 2.23. The molecule has 7 nitrogen and oxygen atoms in total. The molecule has 2 aromatic rings. The Hall–Kier alpha value is -2.48. The predicted octanol–water partition coefficient (Wildman–Crippen LogP) is 2.90. The Morgan fingerprint density at radius 3 is 2.76 bits per heavy atom. The maximum Gasteiger partial charge on any atom is 0.292 e. The molecule has 3 N–H and O–H groups in total. The minimum atomic E-state index is -0.630. The zero-order valence-electron chi connectivity index (χ0n) is 11.0. The Balaban J connectivity index is 2.28. The van der Waals surface area contributed by atoms with Crippen molar-refractivity contribution in [3.63, 3.8) is 0 Å². The predicted molar refractivity (Wildman–Crippen MR) is 82.1 cm³/mol. The van der Waals surface area contributed by atoms with Gasteiger partial charge in [0.1, 0.15) is 11.5 Å². The van der Waals surface area contributed by atoms with Crippen molar-refractivity contribution < 1.29 is 9.72 Å². The molecule has 0 radical (unpaired) electrons. The summed E-state index contributed by atoms with van der Waals surface area (Å²) in [6.45, 7) is 1.79. The third kappa shape index (κ3) is 3.34. The minimum Gasteiger partial charge on any atom is -0.393 e.